The van der Waals surface area contributed by atoms with E-state index >= 15 is 0 Å². The van der Waals surface area contributed by atoms with Gasteiger partial charge in [-0.05, 0) is 47.0 Å². The molecule has 0 fully saturated rings. The lowest BCUT2D eigenvalue weighted by Crippen LogP contribution is -2.26. The average molecular weight is 329 g/mol. The fourth-order valence-corrected chi connectivity index (χ4v) is 3.49. The van der Waals surface area contributed by atoms with Crippen LogP contribution in [0.3, 0.4) is 0 Å². The predicted octanol–water partition coefficient (Wildman–Crippen LogP) is 4.02. The largest absolute Gasteiger partial charge is 0.496 e. The molecule has 1 N–H and O–H groups in total. The molecule has 0 saturated carbocycles. The second-order valence-corrected chi connectivity index (χ2v) is 6.02. The third kappa shape index (κ3) is 3.35. The highest BCUT2D eigenvalue weighted by atomic mass is 32.1. The first-order valence-corrected chi connectivity index (χ1v) is 8.14. The molecule has 0 spiro atoms. The lowest BCUT2D eigenvalue weighted by atomic mass is 10.1. The lowest BCUT2D eigenvalue weighted by molar-refractivity contribution is 0.0950. The fourth-order valence-electron chi connectivity index (χ4n) is 2.49. The van der Waals surface area contributed by atoms with Crippen molar-refractivity contribution < 1.29 is 13.9 Å². The van der Waals surface area contributed by atoms with E-state index < -0.39 is 5.82 Å². The third-order valence-corrected chi connectivity index (χ3v) is 4.66. The van der Waals surface area contributed by atoms with Crippen molar-refractivity contribution in [1.29, 1.82) is 0 Å². The third-order valence-electron chi connectivity index (χ3n) is 3.65. The van der Waals surface area contributed by atoms with Gasteiger partial charge in [0.05, 0.1) is 12.7 Å². The summed E-state index contributed by atoms with van der Waals surface area (Å²) in [7, 11) is 1.46. The van der Waals surface area contributed by atoms with Crippen LogP contribution in [0, 0.1) is 5.82 Å². The van der Waals surface area contributed by atoms with Crippen LogP contribution in [0.4, 0.5) is 4.39 Å². The van der Waals surface area contributed by atoms with Crippen LogP contribution in [0.1, 0.15) is 15.9 Å². The highest BCUT2D eigenvalue weighted by Crippen LogP contribution is 2.25. The second-order valence-electron chi connectivity index (χ2n) is 5.11. The van der Waals surface area contributed by atoms with E-state index in [4.69, 9.17) is 4.74 Å². The lowest BCUT2D eigenvalue weighted by Gasteiger charge is -2.09. The number of ether oxygens (including phenoxy) is 1. The van der Waals surface area contributed by atoms with Crippen molar-refractivity contribution in [2.75, 3.05) is 13.7 Å². The summed E-state index contributed by atoms with van der Waals surface area (Å²) in [6.45, 7) is 0.485. The number of amides is 1. The van der Waals surface area contributed by atoms with Gasteiger partial charge in [0.1, 0.15) is 11.6 Å². The molecule has 3 rings (SSSR count). The topological polar surface area (TPSA) is 38.3 Å². The molecule has 3 aromatic rings. The first-order valence-electron chi connectivity index (χ1n) is 7.26. The van der Waals surface area contributed by atoms with Crippen molar-refractivity contribution >= 4 is 27.3 Å². The summed E-state index contributed by atoms with van der Waals surface area (Å²) in [6, 6.07) is 12.1. The van der Waals surface area contributed by atoms with Crippen molar-refractivity contribution in [3.63, 3.8) is 0 Å². The van der Waals surface area contributed by atoms with Gasteiger partial charge in [0.25, 0.3) is 5.91 Å². The SMILES string of the molecule is COc1ccc(F)cc1C(=O)NCCc1csc2ccccc12. The van der Waals surface area contributed by atoms with Crippen molar-refractivity contribution in [1.82, 2.24) is 5.32 Å². The van der Waals surface area contributed by atoms with Gasteiger partial charge in [0, 0.05) is 11.2 Å². The van der Waals surface area contributed by atoms with E-state index in [-0.39, 0.29) is 11.5 Å². The van der Waals surface area contributed by atoms with E-state index in [1.165, 1.54) is 41.0 Å². The Bertz CT molecular complexity index is 844. The fraction of sp³-hybridized carbons (Fsp3) is 0.167. The van der Waals surface area contributed by atoms with Gasteiger partial charge in [0.15, 0.2) is 0 Å². The van der Waals surface area contributed by atoms with Gasteiger partial charge >= 0.3 is 0 Å². The monoisotopic (exact) mass is 329 g/mol. The number of thiophene rings is 1. The van der Waals surface area contributed by atoms with Gasteiger partial charge in [-0.2, -0.15) is 0 Å². The van der Waals surface area contributed by atoms with Crippen LogP contribution in [0.25, 0.3) is 10.1 Å². The van der Waals surface area contributed by atoms with E-state index in [2.05, 4.69) is 22.8 Å². The van der Waals surface area contributed by atoms with Crippen LogP contribution < -0.4 is 10.1 Å². The minimum absolute atomic E-state index is 0.211. The Morgan fingerprint density at radius 1 is 1.26 bits per heavy atom. The summed E-state index contributed by atoms with van der Waals surface area (Å²) in [5, 5.41) is 6.15. The van der Waals surface area contributed by atoms with Gasteiger partial charge in [-0.3, -0.25) is 4.79 Å². The number of carbonyl (C=O) groups is 1. The molecule has 3 nitrogen and oxygen atoms in total. The zero-order chi connectivity index (χ0) is 16.2. The van der Waals surface area contributed by atoms with Crippen LogP contribution in [0.15, 0.2) is 47.8 Å². The minimum Gasteiger partial charge on any atom is -0.496 e. The van der Waals surface area contributed by atoms with E-state index in [0.29, 0.717) is 12.3 Å². The zero-order valence-corrected chi connectivity index (χ0v) is 13.5. The normalized spacial score (nSPS) is 10.7. The molecule has 1 amide bonds. The number of methoxy groups -OCH3 is 1. The molecule has 5 heteroatoms. The summed E-state index contributed by atoms with van der Waals surface area (Å²) in [5.74, 6) is -0.425. The summed E-state index contributed by atoms with van der Waals surface area (Å²) in [4.78, 5) is 12.2. The van der Waals surface area contributed by atoms with Gasteiger partial charge in [-0.25, -0.2) is 4.39 Å². The Morgan fingerprint density at radius 2 is 2.09 bits per heavy atom. The van der Waals surface area contributed by atoms with Crippen LogP contribution in [0.2, 0.25) is 0 Å². The van der Waals surface area contributed by atoms with Crippen molar-refractivity contribution in [2.45, 2.75) is 6.42 Å². The quantitative estimate of drug-likeness (QED) is 0.768. The van der Waals surface area contributed by atoms with Crippen molar-refractivity contribution in [2.24, 2.45) is 0 Å². The first kappa shape index (κ1) is 15.5. The number of halogens is 1. The summed E-state index contributed by atoms with van der Waals surface area (Å²) < 4.78 is 19.7. The molecule has 0 aliphatic heterocycles. The Morgan fingerprint density at radius 3 is 2.91 bits per heavy atom. The Labute approximate surface area is 137 Å². The van der Waals surface area contributed by atoms with Crippen molar-refractivity contribution in [3.05, 3.63) is 64.8 Å². The van der Waals surface area contributed by atoms with Gasteiger partial charge < -0.3 is 10.1 Å². The molecule has 118 valence electrons. The molecule has 0 atom stereocenters. The number of rotatable bonds is 5. The second kappa shape index (κ2) is 6.79. The van der Waals surface area contributed by atoms with Crippen molar-refractivity contribution in [3.8, 4) is 5.75 Å². The minimum atomic E-state index is -0.459. The Hall–Kier alpha value is -2.40. The molecule has 1 heterocycles. The molecular weight excluding hydrogens is 313 g/mol. The van der Waals surface area contributed by atoms with Crippen LogP contribution >= 0.6 is 11.3 Å². The summed E-state index contributed by atoms with van der Waals surface area (Å²) in [6.07, 6.45) is 0.730. The highest BCUT2D eigenvalue weighted by molar-refractivity contribution is 7.17. The molecule has 0 aliphatic rings. The van der Waals surface area contributed by atoms with Crippen LogP contribution in [-0.2, 0) is 6.42 Å². The number of benzene rings is 2. The number of hydrogen-bond acceptors (Lipinski definition) is 3. The zero-order valence-electron chi connectivity index (χ0n) is 12.6. The standard InChI is InChI=1S/C18H16FNO2S/c1-22-16-7-6-13(19)10-15(16)18(21)20-9-8-12-11-23-17-5-3-2-4-14(12)17/h2-7,10-11H,8-9H2,1H3,(H,20,21). The van der Waals surface area contributed by atoms with Crippen LogP contribution in [-0.4, -0.2) is 19.6 Å². The van der Waals surface area contributed by atoms with E-state index in [0.717, 1.165) is 6.42 Å². The predicted molar refractivity (Wildman–Crippen MR) is 90.8 cm³/mol. The molecule has 2 aromatic carbocycles. The number of hydrogen-bond donors (Lipinski definition) is 1. The Kier molecular flexibility index (Phi) is 4.57. The summed E-state index contributed by atoms with van der Waals surface area (Å²) >= 11 is 1.69. The molecular formula is C18H16FNO2S. The van der Waals surface area contributed by atoms with Gasteiger partial charge in [-0.1, -0.05) is 18.2 Å². The molecule has 0 radical (unpaired) electrons. The molecule has 1 aromatic heterocycles. The van der Waals surface area contributed by atoms with Gasteiger partial charge in [0.2, 0.25) is 0 Å². The molecule has 0 bridgehead atoms. The maximum absolute atomic E-state index is 13.3. The Balaban J connectivity index is 1.67. The first-order chi connectivity index (χ1) is 11.2. The molecule has 0 unspecified atom stereocenters. The van der Waals surface area contributed by atoms with Crippen LogP contribution in [0.5, 0.6) is 5.75 Å². The molecule has 0 aliphatic carbocycles. The number of fused-ring (bicyclic) bond motifs is 1. The maximum Gasteiger partial charge on any atom is 0.255 e. The highest BCUT2D eigenvalue weighted by Gasteiger charge is 2.13. The smallest absolute Gasteiger partial charge is 0.255 e. The molecule has 23 heavy (non-hydrogen) atoms. The molecule has 0 saturated heterocycles. The average Bonchev–Trinajstić information content (AvgIpc) is 2.98. The van der Waals surface area contributed by atoms with Gasteiger partial charge in [-0.15, -0.1) is 11.3 Å². The van der Waals surface area contributed by atoms with E-state index in [9.17, 15) is 9.18 Å². The number of nitrogens with one attached hydrogen (secondary N) is 1. The summed E-state index contributed by atoms with van der Waals surface area (Å²) in [5.41, 5.74) is 1.42. The number of carbonyl (C=O) groups excluding carboxylic acids is 1. The van der Waals surface area contributed by atoms with E-state index in [1.807, 2.05) is 12.1 Å². The maximum atomic E-state index is 13.3. The van der Waals surface area contributed by atoms with E-state index in [1.54, 1.807) is 11.3 Å².